The van der Waals surface area contributed by atoms with Gasteiger partial charge in [0.25, 0.3) is 0 Å². The summed E-state index contributed by atoms with van der Waals surface area (Å²) >= 11 is 1.36. The lowest BCUT2D eigenvalue weighted by Crippen LogP contribution is -2.14. The molecule has 114 valence electrons. The Morgan fingerprint density at radius 3 is 2.78 bits per heavy atom. The number of benzene rings is 1. The number of nitrogens with zero attached hydrogens (tertiary/aromatic N) is 3. The molecule has 4 rings (SSSR count). The minimum Gasteiger partial charge on any atom is -0.300 e. The molecule has 2 heterocycles. The number of amides is 1. The number of carbonyl (C=O) groups is 1. The quantitative estimate of drug-likeness (QED) is 0.800. The second kappa shape index (κ2) is 5.89. The third kappa shape index (κ3) is 2.98. The number of aromatic nitrogens is 3. The van der Waals surface area contributed by atoms with Crippen LogP contribution in [0, 0.1) is 5.92 Å². The average molecular weight is 322 g/mol. The average Bonchev–Trinajstić information content (AvgIpc) is 3.29. The Hall–Kier alpha value is -2.60. The van der Waals surface area contributed by atoms with Gasteiger partial charge >= 0.3 is 0 Å². The number of anilines is 1. The minimum absolute atomic E-state index is 0.0211. The molecule has 23 heavy (non-hydrogen) atoms. The molecule has 2 atom stereocenters. The fourth-order valence-corrected chi connectivity index (χ4v) is 3.37. The van der Waals surface area contributed by atoms with E-state index in [0.29, 0.717) is 11.0 Å². The smallest absolute Gasteiger partial charge is 0.229 e. The van der Waals surface area contributed by atoms with Crippen LogP contribution in [-0.4, -0.2) is 21.1 Å². The Bertz CT molecular complexity index is 819. The van der Waals surface area contributed by atoms with Crippen molar-refractivity contribution >= 4 is 22.4 Å². The zero-order valence-electron chi connectivity index (χ0n) is 12.2. The van der Waals surface area contributed by atoms with Crippen LogP contribution in [0.2, 0.25) is 0 Å². The molecule has 1 aliphatic rings. The number of hydrogen-bond donors (Lipinski definition) is 1. The SMILES string of the molecule is O=C(Nc1nnc(-c2cccnc2)s1)[C@@H]1C[C@@H]1c1ccccc1. The second-order valence-electron chi connectivity index (χ2n) is 5.50. The summed E-state index contributed by atoms with van der Waals surface area (Å²) in [6.45, 7) is 0. The summed E-state index contributed by atoms with van der Waals surface area (Å²) in [5.74, 6) is 0.373. The highest BCUT2D eigenvalue weighted by Crippen LogP contribution is 2.48. The molecule has 0 unspecified atom stereocenters. The molecule has 5 nitrogen and oxygen atoms in total. The van der Waals surface area contributed by atoms with Gasteiger partial charge in [-0.2, -0.15) is 0 Å². The highest BCUT2D eigenvalue weighted by molar-refractivity contribution is 7.18. The first-order chi connectivity index (χ1) is 11.3. The van der Waals surface area contributed by atoms with Gasteiger partial charge in [-0.05, 0) is 30.0 Å². The molecule has 0 radical (unpaired) electrons. The van der Waals surface area contributed by atoms with Crippen LogP contribution in [0.15, 0.2) is 54.9 Å². The molecule has 0 saturated heterocycles. The van der Waals surface area contributed by atoms with Gasteiger partial charge in [-0.1, -0.05) is 41.7 Å². The molecule has 6 heteroatoms. The van der Waals surface area contributed by atoms with E-state index < -0.39 is 0 Å². The first kappa shape index (κ1) is 14.0. The number of rotatable bonds is 4. The normalized spacial score (nSPS) is 19.3. The number of carbonyl (C=O) groups excluding carboxylic acids is 1. The predicted molar refractivity (Wildman–Crippen MR) is 89.1 cm³/mol. The zero-order valence-corrected chi connectivity index (χ0v) is 13.0. The fraction of sp³-hybridized carbons (Fsp3) is 0.176. The fourth-order valence-electron chi connectivity index (χ4n) is 2.63. The molecule has 1 aliphatic carbocycles. The van der Waals surface area contributed by atoms with Gasteiger partial charge < -0.3 is 5.32 Å². The van der Waals surface area contributed by atoms with Gasteiger partial charge in [0.1, 0.15) is 0 Å². The van der Waals surface area contributed by atoms with Crippen molar-refractivity contribution in [3.8, 4) is 10.6 Å². The molecule has 0 spiro atoms. The Morgan fingerprint density at radius 1 is 1.13 bits per heavy atom. The lowest BCUT2D eigenvalue weighted by Gasteiger charge is -2.00. The summed E-state index contributed by atoms with van der Waals surface area (Å²) in [5.41, 5.74) is 2.13. The predicted octanol–water partition coefficient (Wildman–Crippen LogP) is 3.34. The van der Waals surface area contributed by atoms with Crippen molar-refractivity contribution in [1.29, 1.82) is 0 Å². The van der Waals surface area contributed by atoms with Gasteiger partial charge in [0, 0.05) is 23.9 Å². The van der Waals surface area contributed by atoms with Crippen LogP contribution < -0.4 is 5.32 Å². The van der Waals surface area contributed by atoms with E-state index in [9.17, 15) is 4.79 Å². The van der Waals surface area contributed by atoms with Gasteiger partial charge in [0.15, 0.2) is 5.01 Å². The van der Waals surface area contributed by atoms with Gasteiger partial charge in [-0.15, -0.1) is 10.2 Å². The van der Waals surface area contributed by atoms with Crippen LogP contribution in [0.25, 0.3) is 10.6 Å². The highest BCUT2D eigenvalue weighted by Gasteiger charge is 2.44. The monoisotopic (exact) mass is 322 g/mol. The Labute approximate surface area is 137 Å². The second-order valence-corrected chi connectivity index (χ2v) is 6.48. The molecule has 1 saturated carbocycles. The van der Waals surface area contributed by atoms with Crippen LogP contribution >= 0.6 is 11.3 Å². The van der Waals surface area contributed by atoms with E-state index in [1.807, 2.05) is 30.3 Å². The topological polar surface area (TPSA) is 67.8 Å². The molecule has 1 N–H and O–H groups in total. The maximum atomic E-state index is 12.3. The lowest BCUT2D eigenvalue weighted by molar-refractivity contribution is -0.117. The summed E-state index contributed by atoms with van der Waals surface area (Å²) in [5, 5.41) is 12.3. The van der Waals surface area contributed by atoms with Crippen LogP contribution in [0.1, 0.15) is 17.9 Å². The van der Waals surface area contributed by atoms with Crippen LogP contribution in [0.3, 0.4) is 0 Å². The third-order valence-electron chi connectivity index (χ3n) is 3.92. The number of nitrogens with one attached hydrogen (secondary N) is 1. The van der Waals surface area contributed by atoms with Crippen molar-refractivity contribution in [2.75, 3.05) is 5.32 Å². The third-order valence-corrected chi connectivity index (χ3v) is 4.81. The van der Waals surface area contributed by atoms with Crippen LogP contribution in [0.5, 0.6) is 0 Å². The molecule has 1 aromatic carbocycles. The maximum Gasteiger partial charge on any atom is 0.229 e. The van der Waals surface area contributed by atoms with Crippen LogP contribution in [0.4, 0.5) is 5.13 Å². The first-order valence-electron chi connectivity index (χ1n) is 7.41. The van der Waals surface area contributed by atoms with Gasteiger partial charge in [0.05, 0.1) is 0 Å². The lowest BCUT2D eigenvalue weighted by atomic mass is 10.1. The number of pyridine rings is 1. The van der Waals surface area contributed by atoms with E-state index in [1.165, 1.54) is 16.9 Å². The molecular formula is C17H14N4OS. The molecule has 0 aliphatic heterocycles. The summed E-state index contributed by atoms with van der Waals surface area (Å²) in [6.07, 6.45) is 4.34. The Morgan fingerprint density at radius 2 is 2.00 bits per heavy atom. The standard InChI is InChI=1S/C17H14N4OS/c22-15(14-9-13(14)11-5-2-1-3-6-11)19-17-21-20-16(23-17)12-7-4-8-18-10-12/h1-8,10,13-14H,9H2,(H,19,21,22)/t13-,14-/m1/s1. The van der Waals surface area contributed by atoms with Crippen molar-refractivity contribution in [2.45, 2.75) is 12.3 Å². The van der Waals surface area contributed by atoms with E-state index in [1.54, 1.807) is 12.4 Å². The Balaban J connectivity index is 1.42. The van der Waals surface area contributed by atoms with E-state index >= 15 is 0 Å². The molecule has 1 fully saturated rings. The molecular weight excluding hydrogens is 308 g/mol. The largest absolute Gasteiger partial charge is 0.300 e. The summed E-state index contributed by atoms with van der Waals surface area (Å²) < 4.78 is 0. The van der Waals surface area contributed by atoms with Crippen molar-refractivity contribution in [3.05, 3.63) is 60.4 Å². The van der Waals surface area contributed by atoms with Crippen molar-refractivity contribution in [2.24, 2.45) is 5.92 Å². The van der Waals surface area contributed by atoms with Crippen molar-refractivity contribution in [3.63, 3.8) is 0 Å². The molecule has 3 aromatic rings. The molecule has 1 amide bonds. The van der Waals surface area contributed by atoms with E-state index in [2.05, 4.69) is 32.6 Å². The zero-order chi connectivity index (χ0) is 15.6. The van der Waals surface area contributed by atoms with Crippen LogP contribution in [-0.2, 0) is 4.79 Å². The van der Waals surface area contributed by atoms with Gasteiger partial charge in [-0.25, -0.2) is 0 Å². The highest BCUT2D eigenvalue weighted by atomic mass is 32.1. The molecule has 0 bridgehead atoms. The minimum atomic E-state index is 0.0211. The van der Waals surface area contributed by atoms with Gasteiger partial charge in [0.2, 0.25) is 11.0 Å². The van der Waals surface area contributed by atoms with Gasteiger partial charge in [-0.3, -0.25) is 9.78 Å². The Kier molecular flexibility index (Phi) is 3.59. The maximum absolute atomic E-state index is 12.3. The molecule has 2 aromatic heterocycles. The van der Waals surface area contributed by atoms with Crippen molar-refractivity contribution in [1.82, 2.24) is 15.2 Å². The first-order valence-corrected chi connectivity index (χ1v) is 8.22. The summed E-state index contributed by atoms with van der Waals surface area (Å²) in [7, 11) is 0. The van der Waals surface area contributed by atoms with Crippen molar-refractivity contribution < 1.29 is 4.79 Å². The van der Waals surface area contributed by atoms with E-state index in [0.717, 1.165) is 17.0 Å². The summed E-state index contributed by atoms with van der Waals surface area (Å²) in [4.78, 5) is 16.4. The van der Waals surface area contributed by atoms with E-state index in [4.69, 9.17) is 0 Å². The van der Waals surface area contributed by atoms with E-state index in [-0.39, 0.29) is 11.8 Å². The number of hydrogen-bond acceptors (Lipinski definition) is 5. The summed E-state index contributed by atoms with van der Waals surface area (Å²) in [6, 6.07) is 13.9.